The van der Waals surface area contributed by atoms with Crippen LogP contribution in [0.25, 0.3) is 0 Å². The predicted octanol–water partition coefficient (Wildman–Crippen LogP) is 6.45. The fourth-order valence-electron chi connectivity index (χ4n) is 2.23. The number of methoxy groups -OCH3 is 1. The number of allylic oxidation sites excluding steroid dienone is 4. The second-order valence-corrected chi connectivity index (χ2v) is 5.58. The smallest absolute Gasteiger partial charge is 0.0462 e. The first-order chi connectivity index (χ1) is 9.91. The number of hydrogen-bond acceptors (Lipinski definition) is 1. The van der Waals surface area contributed by atoms with Crippen LogP contribution >= 0.6 is 0 Å². The molecule has 0 heterocycles. The molecule has 0 radical (unpaired) electrons. The van der Waals surface area contributed by atoms with Crippen molar-refractivity contribution in [1.29, 1.82) is 0 Å². The molecule has 0 aromatic rings. The quantitative estimate of drug-likeness (QED) is 0.247. The second kappa shape index (κ2) is 18.4. The lowest BCUT2D eigenvalue weighted by Gasteiger charge is -2.00. The van der Waals surface area contributed by atoms with Crippen molar-refractivity contribution in [3.05, 3.63) is 24.3 Å². The summed E-state index contributed by atoms with van der Waals surface area (Å²) in [6.45, 7) is 3.18. The molecular formula is C19H36O. The van der Waals surface area contributed by atoms with Gasteiger partial charge in [0.15, 0.2) is 0 Å². The van der Waals surface area contributed by atoms with Crippen molar-refractivity contribution in [3.8, 4) is 0 Å². The number of ether oxygens (including phenoxy) is 1. The van der Waals surface area contributed by atoms with Gasteiger partial charge in [-0.15, -0.1) is 0 Å². The van der Waals surface area contributed by atoms with Crippen molar-refractivity contribution in [2.24, 2.45) is 0 Å². The SMILES string of the molecule is CCCCC/C=C/C/C=C/CCCCCCCCOC. The van der Waals surface area contributed by atoms with Gasteiger partial charge in [0.2, 0.25) is 0 Å². The standard InChI is InChI=1S/C19H36O/c1-3-4-5-6-7-8-9-10-11-12-13-14-15-16-17-18-19-20-2/h7-8,10-11H,3-6,9,12-19H2,1-2H3/b8-7+,11-10+. The molecule has 1 heteroatoms. The molecule has 0 aromatic heterocycles. The van der Waals surface area contributed by atoms with Gasteiger partial charge in [-0.3, -0.25) is 0 Å². The molecule has 0 rings (SSSR count). The minimum absolute atomic E-state index is 0.925. The summed E-state index contributed by atoms with van der Waals surface area (Å²) in [5.41, 5.74) is 0. The molecular weight excluding hydrogens is 244 g/mol. The van der Waals surface area contributed by atoms with E-state index >= 15 is 0 Å². The number of unbranched alkanes of at least 4 members (excludes halogenated alkanes) is 9. The van der Waals surface area contributed by atoms with Gasteiger partial charge in [0.1, 0.15) is 0 Å². The van der Waals surface area contributed by atoms with Crippen LogP contribution in [-0.2, 0) is 4.74 Å². The molecule has 0 fully saturated rings. The zero-order valence-corrected chi connectivity index (χ0v) is 13.9. The summed E-state index contributed by atoms with van der Waals surface area (Å²) in [5, 5.41) is 0. The molecule has 0 amide bonds. The monoisotopic (exact) mass is 280 g/mol. The molecule has 1 nitrogen and oxygen atoms in total. The van der Waals surface area contributed by atoms with Gasteiger partial charge in [0.25, 0.3) is 0 Å². The Morgan fingerprint density at radius 3 is 1.80 bits per heavy atom. The first-order valence-corrected chi connectivity index (χ1v) is 8.70. The lowest BCUT2D eigenvalue weighted by Crippen LogP contribution is -1.88. The zero-order chi connectivity index (χ0) is 14.7. The molecule has 0 aliphatic rings. The largest absolute Gasteiger partial charge is 0.385 e. The highest BCUT2D eigenvalue weighted by Gasteiger charge is 1.90. The van der Waals surface area contributed by atoms with E-state index in [0.29, 0.717) is 0 Å². The van der Waals surface area contributed by atoms with E-state index in [1.54, 1.807) is 7.11 Å². The van der Waals surface area contributed by atoms with E-state index in [0.717, 1.165) is 13.0 Å². The van der Waals surface area contributed by atoms with Crippen LogP contribution in [0, 0.1) is 0 Å². The molecule has 0 unspecified atom stereocenters. The van der Waals surface area contributed by atoms with Crippen LogP contribution < -0.4 is 0 Å². The Labute approximate surface area is 127 Å². The van der Waals surface area contributed by atoms with E-state index in [1.807, 2.05) is 0 Å². The predicted molar refractivity (Wildman–Crippen MR) is 91.2 cm³/mol. The fraction of sp³-hybridized carbons (Fsp3) is 0.789. The maximum absolute atomic E-state index is 5.05. The highest BCUT2D eigenvalue weighted by atomic mass is 16.5. The van der Waals surface area contributed by atoms with Crippen molar-refractivity contribution in [3.63, 3.8) is 0 Å². The highest BCUT2D eigenvalue weighted by molar-refractivity contribution is 4.92. The Hall–Kier alpha value is -0.560. The Morgan fingerprint density at radius 2 is 1.20 bits per heavy atom. The number of rotatable bonds is 15. The van der Waals surface area contributed by atoms with Crippen molar-refractivity contribution < 1.29 is 4.74 Å². The first kappa shape index (κ1) is 19.4. The van der Waals surface area contributed by atoms with Crippen LogP contribution in [0.1, 0.15) is 84.0 Å². The van der Waals surface area contributed by atoms with E-state index in [2.05, 4.69) is 31.2 Å². The van der Waals surface area contributed by atoms with Gasteiger partial charge < -0.3 is 4.74 Å². The van der Waals surface area contributed by atoms with Gasteiger partial charge in [-0.1, -0.05) is 69.8 Å². The highest BCUT2D eigenvalue weighted by Crippen LogP contribution is 2.08. The van der Waals surface area contributed by atoms with Crippen LogP contribution in [0.3, 0.4) is 0 Å². The van der Waals surface area contributed by atoms with Crippen molar-refractivity contribution >= 4 is 0 Å². The summed E-state index contributed by atoms with van der Waals surface area (Å²) in [7, 11) is 1.78. The van der Waals surface area contributed by atoms with Gasteiger partial charge in [0.05, 0.1) is 0 Å². The van der Waals surface area contributed by atoms with Gasteiger partial charge in [-0.05, 0) is 38.5 Å². The zero-order valence-electron chi connectivity index (χ0n) is 13.9. The maximum atomic E-state index is 5.05. The van der Waals surface area contributed by atoms with Crippen LogP contribution in [-0.4, -0.2) is 13.7 Å². The maximum Gasteiger partial charge on any atom is 0.0462 e. The lowest BCUT2D eigenvalue weighted by atomic mass is 10.1. The third-order valence-corrected chi connectivity index (χ3v) is 3.55. The van der Waals surface area contributed by atoms with E-state index in [4.69, 9.17) is 4.74 Å². The molecule has 0 aliphatic heterocycles. The topological polar surface area (TPSA) is 9.23 Å². The fourth-order valence-corrected chi connectivity index (χ4v) is 2.23. The minimum Gasteiger partial charge on any atom is -0.385 e. The Bertz CT molecular complexity index is 218. The molecule has 118 valence electrons. The average Bonchev–Trinajstić information content (AvgIpc) is 2.47. The molecule has 0 spiro atoms. The average molecular weight is 280 g/mol. The molecule has 0 aliphatic carbocycles. The molecule has 0 N–H and O–H groups in total. The summed E-state index contributed by atoms with van der Waals surface area (Å²) in [6, 6.07) is 0. The summed E-state index contributed by atoms with van der Waals surface area (Å²) in [5.74, 6) is 0. The summed E-state index contributed by atoms with van der Waals surface area (Å²) in [6.07, 6.45) is 25.0. The first-order valence-electron chi connectivity index (χ1n) is 8.70. The Balaban J connectivity index is 3.12. The van der Waals surface area contributed by atoms with Crippen LogP contribution in [0.4, 0.5) is 0 Å². The minimum atomic E-state index is 0.925. The summed E-state index contributed by atoms with van der Waals surface area (Å²) < 4.78 is 5.05. The summed E-state index contributed by atoms with van der Waals surface area (Å²) >= 11 is 0. The van der Waals surface area contributed by atoms with Crippen molar-refractivity contribution in [1.82, 2.24) is 0 Å². The third kappa shape index (κ3) is 17.4. The van der Waals surface area contributed by atoms with Crippen LogP contribution in [0.15, 0.2) is 24.3 Å². The molecule has 0 atom stereocenters. The molecule has 0 saturated heterocycles. The van der Waals surface area contributed by atoms with Crippen molar-refractivity contribution in [2.45, 2.75) is 84.0 Å². The normalized spacial score (nSPS) is 11.9. The van der Waals surface area contributed by atoms with E-state index in [1.165, 1.54) is 70.6 Å². The van der Waals surface area contributed by atoms with Crippen LogP contribution in [0.2, 0.25) is 0 Å². The molecule has 0 saturated carbocycles. The van der Waals surface area contributed by atoms with Gasteiger partial charge in [-0.25, -0.2) is 0 Å². The molecule has 20 heavy (non-hydrogen) atoms. The van der Waals surface area contributed by atoms with E-state index in [9.17, 15) is 0 Å². The van der Waals surface area contributed by atoms with Gasteiger partial charge >= 0.3 is 0 Å². The Morgan fingerprint density at radius 1 is 0.650 bits per heavy atom. The van der Waals surface area contributed by atoms with Gasteiger partial charge in [0, 0.05) is 13.7 Å². The third-order valence-electron chi connectivity index (χ3n) is 3.55. The molecule has 0 bridgehead atoms. The van der Waals surface area contributed by atoms with Crippen LogP contribution in [0.5, 0.6) is 0 Å². The Kier molecular flexibility index (Phi) is 17.9. The van der Waals surface area contributed by atoms with Gasteiger partial charge in [-0.2, -0.15) is 0 Å². The lowest BCUT2D eigenvalue weighted by molar-refractivity contribution is 0.192. The molecule has 0 aromatic carbocycles. The number of hydrogen-bond donors (Lipinski definition) is 0. The second-order valence-electron chi connectivity index (χ2n) is 5.58. The van der Waals surface area contributed by atoms with E-state index in [-0.39, 0.29) is 0 Å². The summed E-state index contributed by atoms with van der Waals surface area (Å²) in [4.78, 5) is 0. The van der Waals surface area contributed by atoms with E-state index < -0.39 is 0 Å². The van der Waals surface area contributed by atoms with Crippen molar-refractivity contribution in [2.75, 3.05) is 13.7 Å².